The van der Waals surface area contributed by atoms with Crippen LogP contribution in [-0.2, 0) is 19.7 Å². The van der Waals surface area contributed by atoms with Crippen LogP contribution in [0.4, 0.5) is 11.4 Å². The van der Waals surface area contributed by atoms with E-state index < -0.39 is 0 Å². The third kappa shape index (κ3) is 12.9. The summed E-state index contributed by atoms with van der Waals surface area (Å²) in [7, 11) is 0. The van der Waals surface area contributed by atoms with Gasteiger partial charge in [-0.1, -0.05) is 96.4 Å². The van der Waals surface area contributed by atoms with Crippen LogP contribution >= 0.6 is 11.3 Å². The highest BCUT2D eigenvalue weighted by molar-refractivity contribution is 7.17. The first kappa shape index (κ1) is 41.8. The Bertz CT molecular complexity index is 1610. The summed E-state index contributed by atoms with van der Waals surface area (Å²) in [4.78, 5) is 32.7. The normalized spacial score (nSPS) is 16.0. The minimum atomic E-state index is -0.296. The zero-order chi connectivity index (χ0) is 38.0. The van der Waals surface area contributed by atoms with Gasteiger partial charge in [-0.15, -0.1) is 11.3 Å². The van der Waals surface area contributed by atoms with Gasteiger partial charge in [-0.25, -0.2) is 0 Å². The maximum atomic E-state index is 13.3. The number of rotatable bonds is 24. The fourth-order valence-corrected chi connectivity index (χ4v) is 8.69. The van der Waals surface area contributed by atoms with Gasteiger partial charge in [-0.2, -0.15) is 0 Å². The summed E-state index contributed by atoms with van der Waals surface area (Å²) in [5.74, 6) is 0.492. The van der Waals surface area contributed by atoms with Crippen LogP contribution < -0.4 is 14.5 Å². The molecule has 2 aromatic carbocycles. The molecule has 1 amide bonds. The molecule has 3 aromatic rings. The molecule has 2 aliphatic rings. The number of fused-ring (bicyclic) bond motifs is 2. The molecule has 0 aliphatic carbocycles. The van der Waals surface area contributed by atoms with E-state index in [-0.39, 0.29) is 24.0 Å². The third-order valence-electron chi connectivity index (χ3n) is 11.2. The first-order valence-corrected chi connectivity index (χ1v) is 22.1. The number of esters is 1. The van der Waals surface area contributed by atoms with Gasteiger partial charge >= 0.3 is 5.97 Å². The molecular weight excluding hydrogens is 691 g/mol. The molecule has 54 heavy (non-hydrogen) atoms. The Hall–Kier alpha value is -3.36. The molecule has 7 nitrogen and oxygen atoms in total. The fraction of sp³-hybridized carbons (Fsp3) is 0.609. The van der Waals surface area contributed by atoms with Gasteiger partial charge in [0, 0.05) is 66.3 Å². The molecule has 1 fully saturated rings. The van der Waals surface area contributed by atoms with E-state index in [1.807, 2.05) is 23.5 Å². The van der Waals surface area contributed by atoms with Crippen molar-refractivity contribution in [2.75, 3.05) is 55.9 Å². The number of nitrogens with zero attached hydrogens (tertiary/aromatic N) is 3. The number of carbonyl (C=O) groups excluding carboxylic acids is 2. The number of carbonyl (C=O) groups is 2. The van der Waals surface area contributed by atoms with Gasteiger partial charge in [-0.3, -0.25) is 19.4 Å². The molecular formula is C46H67N3O4S. The third-order valence-corrected chi connectivity index (χ3v) is 12.1. The van der Waals surface area contributed by atoms with Crippen LogP contribution in [0.5, 0.6) is 5.75 Å². The lowest BCUT2D eigenvalue weighted by Crippen LogP contribution is -2.46. The van der Waals surface area contributed by atoms with Crippen molar-refractivity contribution >= 4 is 44.7 Å². The second-order valence-electron chi connectivity index (χ2n) is 16.0. The van der Waals surface area contributed by atoms with Crippen molar-refractivity contribution in [2.24, 2.45) is 0 Å². The topological polar surface area (TPSA) is 62.3 Å². The Kier molecular flexibility index (Phi) is 17.2. The second-order valence-corrected chi connectivity index (χ2v) is 17.0. The van der Waals surface area contributed by atoms with Crippen molar-refractivity contribution in [1.82, 2.24) is 4.90 Å². The van der Waals surface area contributed by atoms with Gasteiger partial charge in [0.25, 0.3) is 0 Å². The Morgan fingerprint density at radius 1 is 0.815 bits per heavy atom. The summed E-state index contributed by atoms with van der Waals surface area (Å²) < 4.78 is 13.2. The van der Waals surface area contributed by atoms with Gasteiger partial charge in [0.05, 0.1) is 12.3 Å². The van der Waals surface area contributed by atoms with Crippen molar-refractivity contribution < 1.29 is 19.1 Å². The van der Waals surface area contributed by atoms with E-state index in [1.165, 1.54) is 73.6 Å². The number of anilines is 2. The predicted molar refractivity (Wildman–Crippen MR) is 227 cm³/mol. The van der Waals surface area contributed by atoms with Gasteiger partial charge < -0.3 is 14.4 Å². The van der Waals surface area contributed by atoms with E-state index in [0.29, 0.717) is 19.4 Å². The van der Waals surface area contributed by atoms with E-state index >= 15 is 0 Å². The summed E-state index contributed by atoms with van der Waals surface area (Å²) in [5, 5.41) is 3.56. The van der Waals surface area contributed by atoms with Crippen LogP contribution in [0.1, 0.15) is 135 Å². The van der Waals surface area contributed by atoms with Crippen LogP contribution in [0.15, 0.2) is 60.0 Å². The smallest absolute Gasteiger partial charge is 0.307 e. The van der Waals surface area contributed by atoms with Crippen LogP contribution in [0, 0.1) is 0 Å². The number of unbranched alkanes of at least 4 members (excludes halogenated alkanes) is 12. The number of allylic oxidation sites excluding steroid dienone is 2. The van der Waals surface area contributed by atoms with Gasteiger partial charge in [0.1, 0.15) is 5.75 Å². The first-order chi connectivity index (χ1) is 26.4. The van der Waals surface area contributed by atoms with E-state index in [4.69, 9.17) is 9.47 Å². The molecule has 296 valence electrons. The molecule has 8 heteroatoms. The highest BCUT2D eigenvalue weighted by atomic mass is 32.1. The molecule has 0 atom stereocenters. The van der Waals surface area contributed by atoms with Gasteiger partial charge in [-0.05, 0) is 86.7 Å². The molecule has 1 aromatic heterocycles. The summed E-state index contributed by atoms with van der Waals surface area (Å²) in [6, 6.07) is 14.9. The zero-order valence-electron chi connectivity index (χ0n) is 33.6. The summed E-state index contributed by atoms with van der Waals surface area (Å²) >= 11 is 1.81. The quantitative estimate of drug-likeness (QED) is 0.0515. The molecule has 0 radical (unpaired) electrons. The molecule has 0 saturated carbocycles. The van der Waals surface area contributed by atoms with E-state index in [1.54, 1.807) is 4.90 Å². The molecule has 3 heterocycles. The van der Waals surface area contributed by atoms with Crippen molar-refractivity contribution in [2.45, 2.75) is 135 Å². The lowest BCUT2D eigenvalue weighted by Gasteiger charge is -2.38. The maximum Gasteiger partial charge on any atom is 0.307 e. The Balaban J connectivity index is 0.957. The Morgan fingerprint density at radius 2 is 1.54 bits per heavy atom. The van der Waals surface area contributed by atoms with E-state index in [0.717, 1.165) is 88.2 Å². The van der Waals surface area contributed by atoms with Gasteiger partial charge in [0.2, 0.25) is 5.91 Å². The molecule has 0 unspecified atom stereocenters. The average molecular weight is 758 g/mol. The van der Waals surface area contributed by atoms with Crippen molar-refractivity contribution in [1.29, 1.82) is 0 Å². The second kappa shape index (κ2) is 22.3. The van der Waals surface area contributed by atoms with Crippen LogP contribution in [0.25, 0.3) is 10.1 Å². The largest absolute Gasteiger partial charge is 0.494 e. The van der Waals surface area contributed by atoms with Crippen LogP contribution in [0.3, 0.4) is 0 Å². The van der Waals surface area contributed by atoms with Crippen LogP contribution in [-0.4, -0.2) is 62.8 Å². The zero-order valence-corrected chi connectivity index (χ0v) is 34.4. The van der Waals surface area contributed by atoms with Crippen molar-refractivity contribution in [3.8, 4) is 5.75 Å². The summed E-state index contributed by atoms with van der Waals surface area (Å²) in [6.45, 7) is 12.4. The number of thiophene rings is 1. The minimum Gasteiger partial charge on any atom is -0.494 e. The molecule has 1 saturated heterocycles. The lowest BCUT2D eigenvalue weighted by atomic mass is 9.77. The predicted octanol–water partition coefficient (Wildman–Crippen LogP) is 11.4. The SMILES string of the molecule is CCCCCCCC/C=C\CCCCCCCC(=O)OCN1C(=O)CC(C)(C)c2ccc(OCCCCN3CCN(c4cccc5sccc45)CC3)cc21. The summed E-state index contributed by atoms with van der Waals surface area (Å²) in [5.41, 5.74) is 2.94. The molecule has 0 bridgehead atoms. The number of amides is 1. The number of hydrogen-bond acceptors (Lipinski definition) is 7. The number of ether oxygens (including phenoxy) is 2. The number of benzene rings is 2. The summed E-state index contributed by atoms with van der Waals surface area (Å²) in [6.07, 6.45) is 23.4. The Morgan fingerprint density at radius 3 is 2.30 bits per heavy atom. The molecule has 0 N–H and O–H groups in total. The van der Waals surface area contributed by atoms with E-state index in [2.05, 4.69) is 78.4 Å². The highest BCUT2D eigenvalue weighted by Gasteiger charge is 2.37. The monoisotopic (exact) mass is 757 g/mol. The average Bonchev–Trinajstić information content (AvgIpc) is 3.66. The molecule has 2 aliphatic heterocycles. The maximum absolute atomic E-state index is 13.3. The van der Waals surface area contributed by atoms with Crippen molar-refractivity contribution in [3.05, 3.63) is 65.6 Å². The molecule has 5 rings (SSSR count). The minimum absolute atomic E-state index is 0.0226. The Labute approximate surface area is 330 Å². The highest BCUT2D eigenvalue weighted by Crippen LogP contribution is 2.42. The standard InChI is InChI=1S/C46H67N3O4S/c1-4-5-6-7-8-9-10-11-12-13-14-15-16-17-18-24-45(51)53-37-49-42-35-38(25-26-40(42)46(2,3)36-44(49)50)52-33-20-19-28-47-29-31-48(32-30-47)41-22-21-23-43-39(41)27-34-54-43/h11-12,21-23,25-27,34-35H,4-10,13-20,24,28-33,36-37H2,1-3H3/b12-11-. The van der Waals surface area contributed by atoms with Crippen molar-refractivity contribution in [3.63, 3.8) is 0 Å². The lowest BCUT2D eigenvalue weighted by molar-refractivity contribution is -0.144. The number of piperazine rings is 1. The van der Waals surface area contributed by atoms with Crippen LogP contribution in [0.2, 0.25) is 0 Å². The fourth-order valence-electron chi connectivity index (χ4n) is 7.88. The first-order valence-electron chi connectivity index (χ1n) is 21.2. The number of hydrogen-bond donors (Lipinski definition) is 0. The van der Waals surface area contributed by atoms with E-state index in [9.17, 15) is 9.59 Å². The molecule has 0 spiro atoms. The van der Waals surface area contributed by atoms with Gasteiger partial charge in [0.15, 0.2) is 6.73 Å².